The Balaban J connectivity index is 3.27. The van der Waals surface area contributed by atoms with Gasteiger partial charge in [0, 0.05) is 6.92 Å². The fourth-order valence-electron chi connectivity index (χ4n) is 0.318. The predicted octanol–water partition coefficient (Wildman–Crippen LogP) is 0.244. The zero-order valence-corrected chi connectivity index (χ0v) is 5.94. The molecule has 9 heavy (non-hydrogen) atoms. The summed E-state index contributed by atoms with van der Waals surface area (Å²) in [5.41, 5.74) is 0.462. The van der Waals surface area contributed by atoms with Gasteiger partial charge in [-0.25, -0.2) is 0 Å². The second-order valence-electron chi connectivity index (χ2n) is 1.92. The van der Waals surface area contributed by atoms with E-state index in [1.54, 1.807) is 6.92 Å². The molecule has 0 heterocycles. The summed E-state index contributed by atoms with van der Waals surface area (Å²) in [5, 5.41) is 10.3. The molecule has 0 fully saturated rings. The second-order valence-corrected chi connectivity index (χ2v) is 1.92. The van der Waals surface area contributed by atoms with E-state index in [9.17, 15) is 5.21 Å². The Kier molecular flexibility index (Phi) is 4.30. The van der Waals surface area contributed by atoms with Crippen LogP contribution in [-0.4, -0.2) is 6.61 Å². The maximum Gasteiger partial charge on any atom is 0.129 e. The highest BCUT2D eigenvalue weighted by Crippen LogP contribution is 1.73. The van der Waals surface area contributed by atoms with Gasteiger partial charge in [-0.1, -0.05) is 6.92 Å². The molecule has 0 amide bonds. The summed E-state index contributed by atoms with van der Waals surface area (Å²) >= 11 is 0. The van der Waals surface area contributed by atoms with Gasteiger partial charge in [-0.3, -0.25) is 0 Å². The van der Waals surface area contributed by atoms with Crippen LogP contribution in [0.1, 0.15) is 20.3 Å². The van der Waals surface area contributed by atoms with Crippen LogP contribution in [0, 0.1) is 5.21 Å². The normalized spacial score (nSPS) is 13.2. The first kappa shape index (κ1) is 8.62. The minimum atomic E-state index is -0.295. The molecular weight excluding hydrogens is 118 g/mol. The van der Waals surface area contributed by atoms with Gasteiger partial charge in [0.05, 0.1) is 0 Å². The number of hydrogen-bond acceptors (Lipinski definition) is 2. The number of hydrogen-bond donors (Lipinski definition) is 1. The molecule has 0 rings (SSSR count). The zero-order chi connectivity index (χ0) is 7.28. The fraction of sp³-hybridized carbons (Fsp3) is 0.667. The lowest BCUT2D eigenvalue weighted by Crippen LogP contribution is -3.03. The van der Waals surface area contributed by atoms with Crippen LogP contribution in [0.3, 0.4) is 0 Å². The average molecular weight is 131 g/mol. The van der Waals surface area contributed by atoms with E-state index in [2.05, 4.69) is 6.58 Å². The maximum atomic E-state index is 10.6. The number of quaternary nitrogens is 1. The van der Waals surface area contributed by atoms with Crippen LogP contribution in [0.15, 0.2) is 12.3 Å². The Bertz CT molecular complexity index is 93.1. The van der Waals surface area contributed by atoms with Gasteiger partial charge < -0.3 is 5.21 Å². The van der Waals surface area contributed by atoms with E-state index < -0.39 is 0 Å². The molecule has 0 aliphatic rings. The summed E-state index contributed by atoms with van der Waals surface area (Å²) < 4.78 is 0. The van der Waals surface area contributed by atoms with Crippen molar-refractivity contribution in [1.82, 2.24) is 0 Å². The Morgan fingerprint density at radius 3 is 2.67 bits per heavy atom. The molecule has 0 saturated carbocycles. The molecule has 0 spiro atoms. The quantitative estimate of drug-likeness (QED) is 0.555. The van der Waals surface area contributed by atoms with Crippen molar-refractivity contribution in [3.63, 3.8) is 0 Å². The number of allylic oxidation sites excluding steroid dienone is 1. The van der Waals surface area contributed by atoms with Gasteiger partial charge in [0.1, 0.15) is 12.3 Å². The molecule has 0 saturated heterocycles. The predicted molar refractivity (Wildman–Crippen MR) is 35.4 cm³/mol. The number of rotatable bonds is 4. The monoisotopic (exact) mass is 131 g/mol. The average Bonchev–Trinajstić information content (AvgIpc) is 1.82. The van der Waals surface area contributed by atoms with Crippen molar-refractivity contribution in [3.8, 4) is 0 Å². The van der Waals surface area contributed by atoms with Crippen LogP contribution in [0.5, 0.6) is 0 Å². The first-order chi connectivity index (χ1) is 4.18. The lowest BCUT2D eigenvalue weighted by atomic mass is 10.5. The van der Waals surface area contributed by atoms with Gasteiger partial charge in [0.15, 0.2) is 0 Å². The molecule has 0 aromatic rings. The zero-order valence-electron chi connectivity index (χ0n) is 5.94. The van der Waals surface area contributed by atoms with Crippen LogP contribution < -0.4 is 5.23 Å². The highest BCUT2D eigenvalue weighted by Gasteiger charge is 1.95. The fourth-order valence-corrected chi connectivity index (χ4v) is 0.318. The lowest BCUT2D eigenvalue weighted by molar-refractivity contribution is -1.02. The summed E-state index contributed by atoms with van der Waals surface area (Å²) in [6.45, 7) is 7.51. The van der Waals surface area contributed by atoms with Crippen LogP contribution in [0.2, 0.25) is 0 Å². The molecule has 1 N–H and O–H groups in total. The number of hydroxylamine groups is 2. The van der Waals surface area contributed by atoms with E-state index >= 15 is 0 Å². The van der Waals surface area contributed by atoms with E-state index in [1.807, 2.05) is 6.92 Å². The van der Waals surface area contributed by atoms with Gasteiger partial charge in [-0.2, -0.15) is 10.1 Å². The van der Waals surface area contributed by atoms with Crippen molar-refractivity contribution in [2.24, 2.45) is 0 Å². The molecule has 3 nitrogen and oxygen atoms in total. The van der Waals surface area contributed by atoms with E-state index in [1.165, 1.54) is 0 Å². The molecule has 0 aliphatic carbocycles. The highest BCUT2D eigenvalue weighted by atomic mass is 16.9. The molecule has 1 atom stereocenters. The Hall–Kier alpha value is -0.380. The van der Waals surface area contributed by atoms with E-state index in [-0.39, 0.29) is 5.23 Å². The molecule has 3 heteroatoms. The van der Waals surface area contributed by atoms with E-state index in [4.69, 9.17) is 4.84 Å². The third kappa shape index (κ3) is 4.14. The molecule has 0 bridgehead atoms. The first-order valence-electron chi connectivity index (χ1n) is 3.01. The van der Waals surface area contributed by atoms with E-state index in [0.717, 1.165) is 6.42 Å². The summed E-state index contributed by atoms with van der Waals surface area (Å²) in [4.78, 5) is 4.71. The molecule has 1 unspecified atom stereocenters. The standard InChI is InChI=1S/C6H13NO2/c1-4-5-9-7(8)6(2)3/h7H,2,4-5H2,1,3H3. The highest BCUT2D eigenvalue weighted by molar-refractivity contribution is 4.68. The number of nitrogens with one attached hydrogen (secondary N) is 1. The summed E-state index contributed by atoms with van der Waals surface area (Å²) in [7, 11) is 0. The van der Waals surface area contributed by atoms with Gasteiger partial charge in [-0.05, 0) is 13.0 Å². The SMILES string of the molecule is C=C(C)[NH+]([O-])OCCC. The summed E-state index contributed by atoms with van der Waals surface area (Å²) in [6.07, 6.45) is 0.860. The summed E-state index contributed by atoms with van der Waals surface area (Å²) in [6, 6.07) is 0. The molecule has 0 aromatic heterocycles. The Labute approximate surface area is 55.5 Å². The third-order valence-corrected chi connectivity index (χ3v) is 0.786. The first-order valence-corrected chi connectivity index (χ1v) is 3.01. The minimum Gasteiger partial charge on any atom is -0.595 e. The Morgan fingerprint density at radius 2 is 2.33 bits per heavy atom. The Morgan fingerprint density at radius 1 is 1.78 bits per heavy atom. The maximum absolute atomic E-state index is 10.6. The van der Waals surface area contributed by atoms with Gasteiger partial charge in [0.2, 0.25) is 0 Å². The minimum absolute atomic E-state index is 0.295. The molecule has 0 radical (unpaired) electrons. The lowest BCUT2D eigenvalue weighted by Gasteiger charge is -2.17. The smallest absolute Gasteiger partial charge is 0.129 e. The van der Waals surface area contributed by atoms with Crippen molar-refractivity contribution in [2.45, 2.75) is 20.3 Å². The van der Waals surface area contributed by atoms with Crippen molar-refractivity contribution < 1.29 is 10.1 Å². The molecule has 54 valence electrons. The molecular formula is C6H13NO2. The van der Waals surface area contributed by atoms with Crippen LogP contribution in [0.25, 0.3) is 0 Å². The van der Waals surface area contributed by atoms with Gasteiger partial charge in [0.25, 0.3) is 0 Å². The van der Waals surface area contributed by atoms with Crippen LogP contribution in [-0.2, 0) is 4.84 Å². The molecule has 0 aliphatic heterocycles. The van der Waals surface area contributed by atoms with Gasteiger partial charge >= 0.3 is 0 Å². The second kappa shape index (κ2) is 4.49. The van der Waals surface area contributed by atoms with Crippen LogP contribution in [0.4, 0.5) is 0 Å². The molecule has 0 aromatic carbocycles. The summed E-state index contributed by atoms with van der Waals surface area (Å²) in [5.74, 6) is 0. The van der Waals surface area contributed by atoms with E-state index in [0.29, 0.717) is 12.3 Å². The van der Waals surface area contributed by atoms with Crippen molar-refractivity contribution in [3.05, 3.63) is 17.5 Å². The topological polar surface area (TPSA) is 36.7 Å². The largest absolute Gasteiger partial charge is 0.595 e. The van der Waals surface area contributed by atoms with Crippen LogP contribution >= 0.6 is 0 Å². The van der Waals surface area contributed by atoms with Crippen molar-refractivity contribution >= 4 is 0 Å². The van der Waals surface area contributed by atoms with Gasteiger partial charge in [-0.15, -0.1) is 0 Å². The van der Waals surface area contributed by atoms with Crippen molar-refractivity contribution in [1.29, 1.82) is 0 Å². The van der Waals surface area contributed by atoms with Crippen molar-refractivity contribution in [2.75, 3.05) is 6.61 Å². The third-order valence-electron chi connectivity index (χ3n) is 0.786.